The van der Waals surface area contributed by atoms with E-state index in [1.807, 2.05) is 49.5 Å². The molecule has 6 nitrogen and oxygen atoms in total. The Morgan fingerprint density at radius 1 is 1.06 bits per heavy atom. The molecule has 34 heavy (non-hydrogen) atoms. The first kappa shape index (κ1) is 23.5. The van der Waals surface area contributed by atoms with Gasteiger partial charge in [-0.3, -0.25) is 9.59 Å². The van der Waals surface area contributed by atoms with Crippen LogP contribution in [0.2, 0.25) is 0 Å². The van der Waals surface area contributed by atoms with Crippen LogP contribution in [0.15, 0.2) is 66.9 Å². The van der Waals surface area contributed by atoms with E-state index < -0.39 is 6.04 Å². The van der Waals surface area contributed by atoms with Gasteiger partial charge in [-0.1, -0.05) is 37.3 Å². The number of carbonyl (C=O) groups is 2. The molecule has 1 unspecified atom stereocenters. The van der Waals surface area contributed by atoms with Crippen molar-refractivity contribution in [2.45, 2.75) is 32.4 Å². The summed E-state index contributed by atoms with van der Waals surface area (Å²) in [4.78, 5) is 29.9. The highest BCUT2D eigenvalue weighted by molar-refractivity contribution is 5.86. The zero-order chi connectivity index (χ0) is 24.1. The second kappa shape index (κ2) is 10.5. The fourth-order valence-electron chi connectivity index (χ4n) is 4.52. The van der Waals surface area contributed by atoms with Gasteiger partial charge < -0.3 is 19.1 Å². The van der Waals surface area contributed by atoms with E-state index in [0.29, 0.717) is 25.2 Å². The first-order valence-corrected chi connectivity index (χ1v) is 11.6. The summed E-state index contributed by atoms with van der Waals surface area (Å²) < 4.78 is 22.0. The van der Waals surface area contributed by atoms with Gasteiger partial charge in [0.15, 0.2) is 0 Å². The molecule has 3 aromatic rings. The van der Waals surface area contributed by atoms with E-state index in [1.165, 1.54) is 6.07 Å². The molecule has 1 aromatic heterocycles. The Morgan fingerprint density at radius 3 is 2.53 bits per heavy atom. The Hall–Kier alpha value is -3.61. The summed E-state index contributed by atoms with van der Waals surface area (Å²) in [5.41, 5.74) is 2.19. The molecule has 0 fully saturated rings. The molecule has 0 radical (unpaired) electrons. The number of benzene rings is 2. The maximum atomic E-state index is 14.8. The second-order valence-corrected chi connectivity index (χ2v) is 8.48. The third kappa shape index (κ3) is 4.98. The quantitative estimate of drug-likeness (QED) is 0.507. The summed E-state index contributed by atoms with van der Waals surface area (Å²) in [7, 11) is 1.60. The van der Waals surface area contributed by atoms with E-state index in [1.54, 1.807) is 35.1 Å². The Kier molecular flexibility index (Phi) is 7.30. The number of carbonyl (C=O) groups excluding carboxylic acids is 2. The van der Waals surface area contributed by atoms with E-state index >= 15 is 0 Å². The predicted octanol–water partition coefficient (Wildman–Crippen LogP) is 4.05. The normalized spacial score (nSPS) is 15.0. The summed E-state index contributed by atoms with van der Waals surface area (Å²) >= 11 is 0. The van der Waals surface area contributed by atoms with E-state index in [2.05, 4.69) is 4.57 Å². The lowest BCUT2D eigenvalue weighted by Gasteiger charge is -2.38. The molecule has 7 heteroatoms. The van der Waals surface area contributed by atoms with Crippen molar-refractivity contribution in [3.63, 3.8) is 0 Å². The number of hydrogen-bond acceptors (Lipinski definition) is 3. The van der Waals surface area contributed by atoms with Crippen molar-refractivity contribution in [3.05, 3.63) is 89.5 Å². The Balaban J connectivity index is 1.54. The molecule has 1 aliphatic rings. The van der Waals surface area contributed by atoms with Crippen LogP contribution in [-0.4, -0.2) is 52.9 Å². The second-order valence-electron chi connectivity index (χ2n) is 8.48. The van der Waals surface area contributed by atoms with Crippen LogP contribution >= 0.6 is 0 Å². The Morgan fingerprint density at radius 2 is 1.82 bits per heavy atom. The van der Waals surface area contributed by atoms with Gasteiger partial charge in [0.05, 0.1) is 20.1 Å². The van der Waals surface area contributed by atoms with Crippen LogP contribution in [0.4, 0.5) is 4.39 Å². The molecule has 2 aromatic carbocycles. The Labute approximate surface area is 199 Å². The van der Waals surface area contributed by atoms with Gasteiger partial charge in [-0.15, -0.1) is 0 Å². The number of hydrogen-bond donors (Lipinski definition) is 0. The molecule has 0 saturated carbocycles. The molecule has 1 aliphatic heterocycles. The molecule has 4 rings (SSSR count). The van der Waals surface area contributed by atoms with Gasteiger partial charge in [0, 0.05) is 37.1 Å². The minimum atomic E-state index is -0.530. The zero-order valence-electron chi connectivity index (χ0n) is 19.6. The van der Waals surface area contributed by atoms with Crippen molar-refractivity contribution >= 4 is 11.8 Å². The molecular weight excluding hydrogens is 433 g/mol. The number of halogens is 1. The van der Waals surface area contributed by atoms with Gasteiger partial charge in [0.25, 0.3) is 0 Å². The SMILES string of the molecule is CCCN(CC(=O)N1CCn2cccc2C1c1ccccc1F)C(=O)Cc1ccc(OC)cc1. The molecule has 178 valence electrons. The van der Waals surface area contributed by atoms with Crippen molar-refractivity contribution < 1.29 is 18.7 Å². The average Bonchev–Trinajstić information content (AvgIpc) is 3.33. The predicted molar refractivity (Wildman–Crippen MR) is 128 cm³/mol. The topological polar surface area (TPSA) is 54.8 Å². The van der Waals surface area contributed by atoms with E-state index in [0.717, 1.165) is 23.4 Å². The summed E-state index contributed by atoms with van der Waals surface area (Å²) in [6, 6.07) is 17.2. The highest BCUT2D eigenvalue weighted by Crippen LogP contribution is 2.34. The fourth-order valence-corrected chi connectivity index (χ4v) is 4.52. The number of nitrogens with zero attached hydrogens (tertiary/aromatic N) is 3. The van der Waals surface area contributed by atoms with Gasteiger partial charge in [-0.25, -0.2) is 4.39 Å². The minimum absolute atomic E-state index is 0.0332. The first-order chi connectivity index (χ1) is 16.5. The van der Waals surface area contributed by atoms with Crippen molar-refractivity contribution in [3.8, 4) is 5.75 Å². The van der Waals surface area contributed by atoms with Crippen LogP contribution in [0.1, 0.15) is 36.2 Å². The molecule has 0 bridgehead atoms. The van der Waals surface area contributed by atoms with E-state index in [4.69, 9.17) is 4.74 Å². The van der Waals surface area contributed by atoms with Crippen LogP contribution in [0.25, 0.3) is 0 Å². The largest absolute Gasteiger partial charge is 0.497 e. The third-order valence-corrected chi connectivity index (χ3v) is 6.25. The van der Waals surface area contributed by atoms with E-state index in [-0.39, 0.29) is 30.6 Å². The van der Waals surface area contributed by atoms with Gasteiger partial charge in [0.2, 0.25) is 11.8 Å². The smallest absolute Gasteiger partial charge is 0.243 e. The summed E-state index contributed by atoms with van der Waals surface area (Å²) in [5.74, 6) is 0.0900. The number of aromatic nitrogens is 1. The van der Waals surface area contributed by atoms with Crippen molar-refractivity contribution in [2.24, 2.45) is 0 Å². The molecule has 0 aliphatic carbocycles. The zero-order valence-corrected chi connectivity index (χ0v) is 19.6. The monoisotopic (exact) mass is 463 g/mol. The van der Waals surface area contributed by atoms with Crippen LogP contribution in [0.3, 0.4) is 0 Å². The number of ether oxygens (including phenoxy) is 1. The summed E-state index contributed by atoms with van der Waals surface area (Å²) in [5, 5.41) is 0. The molecule has 2 amide bonds. The fraction of sp³-hybridized carbons (Fsp3) is 0.333. The number of amides is 2. The molecule has 0 N–H and O–H groups in total. The standard InChI is InChI=1S/C27H30FN3O3/c1-3-14-30(25(32)18-20-10-12-21(34-2)13-11-20)19-26(33)31-17-16-29-15-6-9-24(29)27(31)22-7-4-5-8-23(22)28/h4-13,15,27H,3,14,16-19H2,1-2H3. The maximum absolute atomic E-state index is 14.8. The van der Waals surface area contributed by atoms with Crippen LogP contribution in [-0.2, 0) is 22.6 Å². The summed E-state index contributed by atoms with van der Waals surface area (Å²) in [6.07, 6.45) is 2.89. The Bertz CT molecular complexity index is 1140. The van der Waals surface area contributed by atoms with Crippen LogP contribution in [0.5, 0.6) is 5.75 Å². The lowest BCUT2D eigenvalue weighted by atomic mass is 9.99. The number of rotatable bonds is 8. The van der Waals surface area contributed by atoms with Gasteiger partial charge >= 0.3 is 0 Å². The lowest BCUT2D eigenvalue weighted by molar-refractivity contribution is -0.141. The summed E-state index contributed by atoms with van der Waals surface area (Å²) in [6.45, 7) is 3.51. The highest BCUT2D eigenvalue weighted by atomic mass is 19.1. The van der Waals surface area contributed by atoms with E-state index in [9.17, 15) is 14.0 Å². The average molecular weight is 464 g/mol. The lowest BCUT2D eigenvalue weighted by Crippen LogP contribution is -2.48. The van der Waals surface area contributed by atoms with Crippen molar-refractivity contribution in [2.75, 3.05) is 26.7 Å². The maximum Gasteiger partial charge on any atom is 0.243 e. The third-order valence-electron chi connectivity index (χ3n) is 6.25. The molecular formula is C27H30FN3O3. The molecule has 0 spiro atoms. The number of methoxy groups -OCH3 is 1. The van der Waals surface area contributed by atoms with Crippen LogP contribution in [0, 0.1) is 5.82 Å². The minimum Gasteiger partial charge on any atom is -0.497 e. The van der Waals surface area contributed by atoms with Crippen molar-refractivity contribution in [1.82, 2.24) is 14.4 Å². The number of fused-ring (bicyclic) bond motifs is 1. The molecule has 2 heterocycles. The van der Waals surface area contributed by atoms with Gasteiger partial charge in [-0.2, -0.15) is 0 Å². The van der Waals surface area contributed by atoms with Gasteiger partial charge in [0.1, 0.15) is 17.6 Å². The first-order valence-electron chi connectivity index (χ1n) is 11.6. The molecule has 0 saturated heterocycles. The van der Waals surface area contributed by atoms with Gasteiger partial charge in [-0.05, 0) is 42.3 Å². The highest BCUT2D eigenvalue weighted by Gasteiger charge is 2.34. The van der Waals surface area contributed by atoms with Crippen LogP contribution < -0.4 is 4.74 Å². The molecule has 1 atom stereocenters. The van der Waals surface area contributed by atoms with Crippen molar-refractivity contribution in [1.29, 1.82) is 0 Å².